The fourth-order valence-corrected chi connectivity index (χ4v) is 3.86. The molecule has 0 aliphatic heterocycles. The van der Waals surface area contributed by atoms with Crippen LogP contribution in [0.4, 0.5) is 0 Å². The highest BCUT2D eigenvalue weighted by Gasteiger charge is 2.24. The summed E-state index contributed by atoms with van der Waals surface area (Å²) in [4.78, 5) is 29.7. The third-order valence-corrected chi connectivity index (χ3v) is 5.31. The van der Waals surface area contributed by atoms with Crippen molar-refractivity contribution in [1.82, 2.24) is 24.6 Å². The highest BCUT2D eigenvalue weighted by atomic mass is 16.3. The Morgan fingerprint density at radius 3 is 2.78 bits per heavy atom. The molecule has 4 rings (SSSR count). The number of rotatable bonds is 4. The number of aliphatic hydroxyl groups is 1. The first kappa shape index (κ1) is 17.5. The van der Waals surface area contributed by atoms with Crippen molar-refractivity contribution in [3.8, 4) is 0 Å². The molecule has 8 nitrogen and oxygen atoms in total. The molecule has 3 N–H and O–H groups in total. The van der Waals surface area contributed by atoms with E-state index in [1.54, 1.807) is 34.8 Å². The minimum atomic E-state index is -0.267. The Bertz CT molecular complexity index is 996. The molecule has 142 valence electrons. The Labute approximate surface area is 155 Å². The van der Waals surface area contributed by atoms with E-state index < -0.39 is 0 Å². The highest BCUT2D eigenvalue weighted by molar-refractivity contribution is 5.97. The van der Waals surface area contributed by atoms with E-state index in [9.17, 15) is 14.7 Å². The Morgan fingerprint density at radius 1 is 1.30 bits per heavy atom. The van der Waals surface area contributed by atoms with Gasteiger partial charge in [0.2, 0.25) is 0 Å². The number of hydrogen-bond acceptors (Lipinski definition) is 4. The molecule has 0 atom stereocenters. The molecule has 0 unspecified atom stereocenters. The van der Waals surface area contributed by atoms with Crippen molar-refractivity contribution >= 4 is 16.9 Å². The number of carbonyl (C=O) groups excluding carboxylic acids is 1. The molecule has 2 aromatic heterocycles. The fourth-order valence-electron chi connectivity index (χ4n) is 3.86. The molecule has 1 amide bonds. The van der Waals surface area contributed by atoms with Crippen LogP contribution >= 0.6 is 0 Å². The van der Waals surface area contributed by atoms with Crippen LogP contribution in [0.5, 0.6) is 0 Å². The van der Waals surface area contributed by atoms with Gasteiger partial charge in [-0.1, -0.05) is 0 Å². The van der Waals surface area contributed by atoms with Crippen molar-refractivity contribution in [3.63, 3.8) is 0 Å². The second kappa shape index (κ2) is 7.03. The van der Waals surface area contributed by atoms with Crippen LogP contribution in [0.25, 0.3) is 11.0 Å². The van der Waals surface area contributed by atoms with Gasteiger partial charge >= 0.3 is 5.69 Å². The highest BCUT2D eigenvalue weighted by Crippen LogP contribution is 2.30. The third-order valence-electron chi connectivity index (χ3n) is 5.31. The summed E-state index contributed by atoms with van der Waals surface area (Å²) in [6.45, 7) is 0.429. The van der Waals surface area contributed by atoms with E-state index in [1.807, 2.05) is 12.1 Å². The van der Waals surface area contributed by atoms with E-state index in [0.717, 1.165) is 24.1 Å². The summed E-state index contributed by atoms with van der Waals surface area (Å²) >= 11 is 0. The predicted molar refractivity (Wildman–Crippen MR) is 100 cm³/mol. The largest absolute Gasteiger partial charge is 0.393 e. The van der Waals surface area contributed by atoms with E-state index >= 15 is 0 Å². The summed E-state index contributed by atoms with van der Waals surface area (Å²) in [5, 5.41) is 16.4. The number of imidazole rings is 1. The molecule has 8 heteroatoms. The smallest absolute Gasteiger partial charge is 0.326 e. The zero-order chi connectivity index (χ0) is 19.0. The number of nitrogens with one attached hydrogen (secondary N) is 2. The predicted octanol–water partition coefficient (Wildman–Crippen LogP) is 1.80. The minimum absolute atomic E-state index is 0.0826. The van der Waals surface area contributed by atoms with Crippen LogP contribution in [0.15, 0.2) is 35.3 Å². The van der Waals surface area contributed by atoms with Crippen molar-refractivity contribution in [2.45, 2.75) is 44.4 Å². The summed E-state index contributed by atoms with van der Waals surface area (Å²) < 4.78 is 1.77. The molecule has 2 heterocycles. The van der Waals surface area contributed by atoms with E-state index in [0.29, 0.717) is 30.5 Å². The minimum Gasteiger partial charge on any atom is -0.393 e. The second-order valence-corrected chi connectivity index (χ2v) is 7.24. The van der Waals surface area contributed by atoms with Crippen LogP contribution in [0, 0.1) is 0 Å². The molecule has 3 aromatic rings. The molecule has 1 saturated carbocycles. The zero-order valence-corrected chi connectivity index (χ0v) is 15.2. The number of H-pyrrole nitrogens is 2. The standard InChI is InChI=1S/C19H23N5O3/c1-23(11-13-8-9-20-22-13)18(26)12-2-7-17-16(10-12)21-19(27)24(17)14-3-5-15(25)6-4-14/h2,7-10,14-15,25H,3-6,11H2,1H3,(H,20,22)(H,21,27). The number of hydrogen-bond donors (Lipinski definition) is 3. The molecule has 1 fully saturated rings. The van der Waals surface area contributed by atoms with Crippen molar-refractivity contribution in [2.24, 2.45) is 0 Å². The molecule has 0 saturated heterocycles. The lowest BCUT2D eigenvalue weighted by atomic mass is 9.93. The molecular weight excluding hydrogens is 346 g/mol. The Morgan fingerprint density at radius 2 is 2.07 bits per heavy atom. The molecule has 0 radical (unpaired) electrons. The fraction of sp³-hybridized carbons (Fsp3) is 0.421. The van der Waals surface area contributed by atoms with Gasteiger partial charge in [0.25, 0.3) is 5.91 Å². The first-order valence-electron chi connectivity index (χ1n) is 9.19. The van der Waals surface area contributed by atoms with Gasteiger partial charge in [-0.2, -0.15) is 5.10 Å². The van der Waals surface area contributed by atoms with Gasteiger partial charge in [-0.3, -0.25) is 14.5 Å². The Hall–Kier alpha value is -2.87. The third kappa shape index (κ3) is 3.40. The van der Waals surface area contributed by atoms with Crippen molar-refractivity contribution in [1.29, 1.82) is 0 Å². The van der Waals surface area contributed by atoms with Crippen molar-refractivity contribution < 1.29 is 9.90 Å². The average Bonchev–Trinajstić information content (AvgIpc) is 3.28. The number of aliphatic hydroxyl groups excluding tert-OH is 1. The summed E-state index contributed by atoms with van der Waals surface area (Å²) in [6, 6.07) is 7.23. The van der Waals surface area contributed by atoms with Gasteiger partial charge in [-0.05, 0) is 49.9 Å². The van der Waals surface area contributed by atoms with Crippen molar-refractivity contribution in [3.05, 3.63) is 52.2 Å². The monoisotopic (exact) mass is 369 g/mol. The first-order valence-corrected chi connectivity index (χ1v) is 9.19. The molecule has 0 spiro atoms. The lowest BCUT2D eigenvalue weighted by Gasteiger charge is -2.26. The van der Waals surface area contributed by atoms with Gasteiger partial charge in [0.15, 0.2) is 0 Å². The molecule has 0 bridgehead atoms. The number of benzene rings is 1. The lowest BCUT2D eigenvalue weighted by Crippen LogP contribution is -2.27. The number of aromatic amines is 2. The Balaban J connectivity index is 1.59. The number of nitrogens with zero attached hydrogens (tertiary/aromatic N) is 3. The van der Waals surface area contributed by atoms with Gasteiger partial charge in [0, 0.05) is 24.8 Å². The second-order valence-electron chi connectivity index (χ2n) is 7.24. The van der Waals surface area contributed by atoms with E-state index in [2.05, 4.69) is 15.2 Å². The van der Waals surface area contributed by atoms with E-state index in [1.165, 1.54) is 0 Å². The summed E-state index contributed by atoms with van der Waals surface area (Å²) in [7, 11) is 1.73. The maximum absolute atomic E-state index is 12.7. The molecule has 27 heavy (non-hydrogen) atoms. The Kier molecular flexibility index (Phi) is 4.57. The number of fused-ring (bicyclic) bond motifs is 1. The normalized spacial score (nSPS) is 20.1. The maximum Gasteiger partial charge on any atom is 0.326 e. The van der Waals surface area contributed by atoms with Crippen LogP contribution < -0.4 is 5.69 Å². The summed E-state index contributed by atoms with van der Waals surface area (Å²) in [5.74, 6) is -0.124. The van der Waals surface area contributed by atoms with Crippen LogP contribution in [-0.2, 0) is 6.54 Å². The van der Waals surface area contributed by atoms with Crippen LogP contribution in [0.3, 0.4) is 0 Å². The first-order chi connectivity index (χ1) is 13.0. The van der Waals surface area contributed by atoms with Crippen LogP contribution in [0.1, 0.15) is 47.8 Å². The molecule has 1 aliphatic rings. The van der Waals surface area contributed by atoms with Gasteiger partial charge in [-0.25, -0.2) is 4.79 Å². The molecular formula is C19H23N5O3. The quantitative estimate of drug-likeness (QED) is 0.652. The number of aromatic nitrogens is 4. The lowest BCUT2D eigenvalue weighted by molar-refractivity contribution is 0.0783. The maximum atomic E-state index is 12.7. The zero-order valence-electron chi connectivity index (χ0n) is 15.2. The van der Waals surface area contributed by atoms with Crippen molar-refractivity contribution in [2.75, 3.05) is 7.05 Å². The van der Waals surface area contributed by atoms with Gasteiger partial charge < -0.3 is 15.0 Å². The molecule has 1 aromatic carbocycles. The molecule has 1 aliphatic carbocycles. The van der Waals surface area contributed by atoms with Crippen LogP contribution in [-0.4, -0.2) is 48.8 Å². The average molecular weight is 369 g/mol. The summed E-state index contributed by atoms with van der Waals surface area (Å²) in [5.41, 5.74) is 2.67. The summed E-state index contributed by atoms with van der Waals surface area (Å²) in [6.07, 6.45) is 4.36. The topological polar surface area (TPSA) is 107 Å². The number of carbonyl (C=O) groups is 1. The van der Waals surface area contributed by atoms with E-state index in [4.69, 9.17) is 0 Å². The number of amides is 1. The van der Waals surface area contributed by atoms with E-state index in [-0.39, 0.29) is 23.7 Å². The van der Waals surface area contributed by atoms with Gasteiger partial charge in [-0.15, -0.1) is 0 Å². The van der Waals surface area contributed by atoms with Gasteiger partial charge in [0.1, 0.15) is 0 Å². The van der Waals surface area contributed by atoms with Gasteiger partial charge in [0.05, 0.1) is 29.4 Å². The van der Waals surface area contributed by atoms with Crippen LogP contribution in [0.2, 0.25) is 0 Å². The SMILES string of the molecule is CN(Cc1ccn[nH]1)C(=O)c1ccc2c(c1)[nH]c(=O)n2C1CCC(O)CC1.